The fraction of sp³-hybridized carbons (Fsp3) is 0.375. The van der Waals surface area contributed by atoms with Crippen molar-refractivity contribution >= 4 is 11.7 Å². The molecule has 0 aliphatic carbocycles. The fourth-order valence-corrected chi connectivity index (χ4v) is 2.54. The average molecular weight is 317 g/mol. The first-order valence-electron chi connectivity index (χ1n) is 7.37. The minimum atomic E-state index is -0.709. The molecule has 2 aromatic rings. The van der Waals surface area contributed by atoms with Gasteiger partial charge in [0.2, 0.25) is 17.6 Å². The molecule has 1 aromatic carbocycles. The third kappa shape index (κ3) is 2.99. The maximum atomic E-state index is 12.9. The fourth-order valence-electron chi connectivity index (χ4n) is 2.54. The van der Waals surface area contributed by atoms with Gasteiger partial charge in [-0.3, -0.25) is 9.59 Å². The molecule has 1 amide bonds. The number of halogens is 1. The number of Topliss-reactive ketones (excluding diaryl/α,β-unsaturated/α-hetero) is 1. The molecular weight excluding hydrogens is 301 g/mol. The van der Waals surface area contributed by atoms with E-state index in [2.05, 4.69) is 10.2 Å². The first-order chi connectivity index (χ1) is 11.0. The molecule has 1 aliphatic rings. The molecule has 1 fully saturated rings. The lowest BCUT2D eigenvalue weighted by molar-refractivity contribution is -0.141. The minimum absolute atomic E-state index is 0.0574. The summed E-state index contributed by atoms with van der Waals surface area (Å²) >= 11 is 0. The highest BCUT2D eigenvalue weighted by molar-refractivity contribution is 6.40. The zero-order chi connectivity index (χ0) is 16.6. The number of benzene rings is 1. The number of carbonyl (C=O) groups excluding carboxylic acids is 2. The number of amides is 1. The van der Waals surface area contributed by atoms with E-state index in [-0.39, 0.29) is 24.3 Å². The van der Waals surface area contributed by atoms with Gasteiger partial charge in [-0.05, 0) is 31.5 Å². The molecule has 1 aromatic heterocycles. The average Bonchev–Trinajstić information content (AvgIpc) is 3.08. The Morgan fingerprint density at radius 2 is 1.96 bits per heavy atom. The van der Waals surface area contributed by atoms with Crippen LogP contribution in [-0.2, 0) is 16.0 Å². The van der Waals surface area contributed by atoms with Crippen LogP contribution in [0.3, 0.4) is 0 Å². The van der Waals surface area contributed by atoms with Crippen molar-refractivity contribution in [2.45, 2.75) is 32.2 Å². The second kappa shape index (κ2) is 5.91. The number of hydrogen-bond acceptors (Lipinski definition) is 5. The maximum absolute atomic E-state index is 12.9. The summed E-state index contributed by atoms with van der Waals surface area (Å²) in [7, 11) is 0. The van der Waals surface area contributed by atoms with E-state index in [1.54, 1.807) is 12.1 Å². The van der Waals surface area contributed by atoms with Crippen LogP contribution in [0.15, 0.2) is 28.7 Å². The van der Waals surface area contributed by atoms with Crippen LogP contribution < -0.4 is 0 Å². The smallest absolute Gasteiger partial charge is 0.291 e. The van der Waals surface area contributed by atoms with E-state index < -0.39 is 17.6 Å². The van der Waals surface area contributed by atoms with Crippen molar-refractivity contribution in [1.82, 2.24) is 15.1 Å². The molecule has 3 rings (SSSR count). The summed E-state index contributed by atoms with van der Waals surface area (Å²) in [5.74, 6) is -1.57. The summed E-state index contributed by atoms with van der Waals surface area (Å²) in [6, 6.07) is 5.91. The van der Waals surface area contributed by atoms with Crippen molar-refractivity contribution in [2.75, 3.05) is 6.54 Å². The molecule has 0 saturated carbocycles. The van der Waals surface area contributed by atoms with Gasteiger partial charge in [0.1, 0.15) is 11.7 Å². The highest BCUT2D eigenvalue weighted by Gasteiger charge is 2.43. The summed E-state index contributed by atoms with van der Waals surface area (Å²) in [4.78, 5) is 25.5. The third-order valence-electron chi connectivity index (χ3n) is 3.84. The molecular formula is C16H16FN3O3. The normalized spacial score (nSPS) is 18.3. The van der Waals surface area contributed by atoms with Crippen LogP contribution in [0, 0.1) is 5.82 Å². The monoisotopic (exact) mass is 317 g/mol. The van der Waals surface area contributed by atoms with Gasteiger partial charge in [-0.2, -0.15) is 0 Å². The summed E-state index contributed by atoms with van der Waals surface area (Å²) in [6.07, 6.45) is 0.343. The summed E-state index contributed by atoms with van der Waals surface area (Å²) in [5, 5.41) is 7.82. The second-order valence-electron chi connectivity index (χ2n) is 5.81. The zero-order valence-electron chi connectivity index (χ0n) is 12.8. The summed E-state index contributed by atoms with van der Waals surface area (Å²) < 4.78 is 18.4. The molecule has 120 valence electrons. The van der Waals surface area contributed by atoms with Crippen LogP contribution in [0.1, 0.15) is 37.1 Å². The van der Waals surface area contributed by atoms with Crippen molar-refractivity contribution in [3.05, 3.63) is 47.4 Å². The SMILES string of the molecule is CC(C)N1CC(c2nnc(Cc3ccc(F)cc3)o2)C(=O)C1=O. The lowest BCUT2D eigenvalue weighted by Crippen LogP contribution is -2.33. The first kappa shape index (κ1) is 15.3. The Morgan fingerprint density at radius 1 is 1.26 bits per heavy atom. The van der Waals surface area contributed by atoms with Crippen LogP contribution in [-0.4, -0.2) is 39.4 Å². The van der Waals surface area contributed by atoms with E-state index in [1.807, 2.05) is 13.8 Å². The van der Waals surface area contributed by atoms with Crippen LogP contribution in [0.2, 0.25) is 0 Å². The quantitative estimate of drug-likeness (QED) is 0.802. The number of ketones is 1. The topological polar surface area (TPSA) is 76.3 Å². The van der Waals surface area contributed by atoms with E-state index in [1.165, 1.54) is 17.0 Å². The lowest BCUT2D eigenvalue weighted by atomic mass is 10.1. The predicted molar refractivity (Wildman–Crippen MR) is 78.1 cm³/mol. The number of hydrogen-bond donors (Lipinski definition) is 0. The number of rotatable bonds is 4. The van der Waals surface area contributed by atoms with Crippen molar-refractivity contribution in [2.24, 2.45) is 0 Å². The Hall–Kier alpha value is -2.57. The van der Waals surface area contributed by atoms with Gasteiger partial charge in [-0.25, -0.2) is 4.39 Å². The van der Waals surface area contributed by atoms with Gasteiger partial charge in [-0.1, -0.05) is 12.1 Å². The first-order valence-corrected chi connectivity index (χ1v) is 7.37. The lowest BCUT2D eigenvalue weighted by Gasteiger charge is -2.19. The summed E-state index contributed by atoms with van der Waals surface area (Å²) in [6.45, 7) is 3.95. The molecule has 7 heteroatoms. The third-order valence-corrected chi connectivity index (χ3v) is 3.84. The highest BCUT2D eigenvalue weighted by Crippen LogP contribution is 2.26. The molecule has 0 spiro atoms. The molecule has 1 saturated heterocycles. The van der Waals surface area contributed by atoms with Crippen molar-refractivity contribution in [3.63, 3.8) is 0 Å². The van der Waals surface area contributed by atoms with E-state index in [4.69, 9.17) is 4.42 Å². The van der Waals surface area contributed by atoms with Gasteiger partial charge in [0.25, 0.3) is 5.91 Å². The van der Waals surface area contributed by atoms with E-state index in [0.717, 1.165) is 5.56 Å². The molecule has 2 heterocycles. The Labute approximate surface area is 132 Å². The highest BCUT2D eigenvalue weighted by atomic mass is 19.1. The standard InChI is InChI=1S/C16H16FN3O3/c1-9(2)20-8-12(14(21)16(20)22)15-19-18-13(23-15)7-10-3-5-11(17)6-4-10/h3-6,9,12H,7-8H2,1-2H3. The van der Waals surface area contributed by atoms with E-state index in [0.29, 0.717) is 12.3 Å². The molecule has 0 bridgehead atoms. The van der Waals surface area contributed by atoms with Crippen LogP contribution >= 0.6 is 0 Å². The van der Waals surface area contributed by atoms with Crippen LogP contribution in [0.4, 0.5) is 4.39 Å². The molecule has 0 N–H and O–H groups in total. The van der Waals surface area contributed by atoms with Crippen molar-refractivity contribution in [3.8, 4) is 0 Å². The number of aromatic nitrogens is 2. The molecule has 23 heavy (non-hydrogen) atoms. The number of nitrogens with zero attached hydrogens (tertiary/aromatic N) is 3. The predicted octanol–water partition coefficient (Wildman–Crippen LogP) is 1.70. The van der Waals surface area contributed by atoms with Crippen molar-refractivity contribution < 1.29 is 18.4 Å². The molecule has 1 unspecified atom stereocenters. The van der Waals surface area contributed by atoms with E-state index >= 15 is 0 Å². The largest absolute Gasteiger partial charge is 0.424 e. The molecule has 1 aliphatic heterocycles. The van der Waals surface area contributed by atoms with Crippen molar-refractivity contribution in [1.29, 1.82) is 0 Å². The molecule has 1 atom stereocenters. The van der Waals surface area contributed by atoms with E-state index in [9.17, 15) is 14.0 Å². The Bertz CT molecular complexity index is 739. The van der Waals surface area contributed by atoms with Gasteiger partial charge < -0.3 is 9.32 Å². The Morgan fingerprint density at radius 3 is 2.57 bits per heavy atom. The minimum Gasteiger partial charge on any atom is -0.424 e. The Balaban J connectivity index is 1.75. The molecule has 0 radical (unpaired) electrons. The van der Waals surface area contributed by atoms with Gasteiger partial charge in [0.05, 0.1) is 6.42 Å². The van der Waals surface area contributed by atoms with Crippen LogP contribution in [0.25, 0.3) is 0 Å². The van der Waals surface area contributed by atoms with Gasteiger partial charge in [0, 0.05) is 12.6 Å². The summed E-state index contributed by atoms with van der Waals surface area (Å²) in [5.41, 5.74) is 0.819. The van der Waals surface area contributed by atoms with Gasteiger partial charge in [-0.15, -0.1) is 10.2 Å². The molecule has 6 nitrogen and oxygen atoms in total. The Kier molecular flexibility index (Phi) is 3.94. The second-order valence-corrected chi connectivity index (χ2v) is 5.81. The van der Waals surface area contributed by atoms with Crippen LogP contribution in [0.5, 0.6) is 0 Å². The number of carbonyl (C=O) groups is 2. The zero-order valence-corrected chi connectivity index (χ0v) is 12.8. The maximum Gasteiger partial charge on any atom is 0.291 e. The number of likely N-dealkylation sites (tertiary alicyclic amines) is 1. The van der Waals surface area contributed by atoms with Gasteiger partial charge >= 0.3 is 0 Å². The van der Waals surface area contributed by atoms with Gasteiger partial charge in [0.15, 0.2) is 0 Å².